The highest BCUT2D eigenvalue weighted by atomic mass is 79.9. The molecule has 2 aliphatic rings. The zero-order valence-corrected chi connectivity index (χ0v) is 12.1. The summed E-state index contributed by atoms with van der Waals surface area (Å²) in [5, 5.41) is 0. The Balaban J connectivity index is 1.64. The van der Waals surface area contributed by atoms with Crippen molar-refractivity contribution in [3.05, 3.63) is 28.5 Å². The van der Waals surface area contributed by atoms with Gasteiger partial charge in [-0.15, -0.1) is 0 Å². The third-order valence-electron chi connectivity index (χ3n) is 3.57. The number of pyridine rings is 1. The molecular weight excluding hydrogens is 312 g/mol. The second-order valence-electron chi connectivity index (χ2n) is 4.76. The van der Waals surface area contributed by atoms with Gasteiger partial charge < -0.3 is 14.4 Å². The number of aromatic nitrogens is 1. The fourth-order valence-corrected chi connectivity index (χ4v) is 2.74. The van der Waals surface area contributed by atoms with Crippen LogP contribution in [-0.2, 0) is 9.47 Å². The Morgan fingerprint density at radius 1 is 1.26 bits per heavy atom. The average Bonchev–Trinajstić information content (AvgIpc) is 2.88. The molecule has 0 atom stereocenters. The van der Waals surface area contributed by atoms with Crippen molar-refractivity contribution in [2.45, 2.75) is 18.6 Å². The summed E-state index contributed by atoms with van der Waals surface area (Å²) >= 11 is 3.31. The Labute approximate surface area is 120 Å². The van der Waals surface area contributed by atoms with E-state index >= 15 is 0 Å². The molecule has 19 heavy (non-hydrogen) atoms. The quantitative estimate of drug-likeness (QED) is 0.790. The van der Waals surface area contributed by atoms with Gasteiger partial charge in [0.2, 0.25) is 0 Å². The summed E-state index contributed by atoms with van der Waals surface area (Å²) < 4.78 is 12.2. The normalized spacial score (nSPS) is 21.8. The van der Waals surface area contributed by atoms with Crippen molar-refractivity contribution in [3.63, 3.8) is 0 Å². The number of rotatable bonds is 1. The standard InChI is InChI=1S/C13H15BrN2O3/c14-10-1-2-11(15-9-10)12(17)16-5-3-13(4-6-16)18-7-8-19-13/h1-2,9H,3-8H2. The zero-order valence-electron chi connectivity index (χ0n) is 10.5. The maximum atomic E-state index is 12.3. The van der Waals surface area contributed by atoms with Gasteiger partial charge in [0, 0.05) is 36.6 Å². The molecule has 0 aliphatic carbocycles. The molecule has 1 aromatic heterocycles. The average molecular weight is 327 g/mol. The van der Waals surface area contributed by atoms with Crippen LogP contribution < -0.4 is 0 Å². The van der Waals surface area contributed by atoms with Gasteiger partial charge in [-0.05, 0) is 28.1 Å². The fourth-order valence-electron chi connectivity index (χ4n) is 2.50. The molecule has 2 fully saturated rings. The lowest BCUT2D eigenvalue weighted by Crippen LogP contribution is -2.47. The van der Waals surface area contributed by atoms with Gasteiger partial charge in [0.15, 0.2) is 5.79 Å². The lowest BCUT2D eigenvalue weighted by atomic mass is 10.0. The molecule has 0 saturated carbocycles. The molecule has 3 heterocycles. The predicted octanol–water partition coefficient (Wildman–Crippen LogP) is 1.82. The first kappa shape index (κ1) is 13.0. The third-order valence-corrected chi connectivity index (χ3v) is 4.04. The number of carbonyl (C=O) groups is 1. The maximum Gasteiger partial charge on any atom is 0.272 e. The van der Waals surface area contributed by atoms with Crippen molar-refractivity contribution in [1.82, 2.24) is 9.88 Å². The highest BCUT2D eigenvalue weighted by Gasteiger charge is 2.40. The second kappa shape index (κ2) is 5.19. The highest BCUT2D eigenvalue weighted by molar-refractivity contribution is 9.10. The Morgan fingerprint density at radius 3 is 2.53 bits per heavy atom. The number of hydrogen-bond acceptors (Lipinski definition) is 4. The number of likely N-dealkylation sites (tertiary alicyclic amines) is 1. The second-order valence-corrected chi connectivity index (χ2v) is 5.68. The molecule has 1 amide bonds. The van der Waals surface area contributed by atoms with Crippen molar-refractivity contribution in [3.8, 4) is 0 Å². The molecule has 0 bridgehead atoms. The molecule has 1 spiro atoms. The van der Waals surface area contributed by atoms with Crippen molar-refractivity contribution in [2.24, 2.45) is 0 Å². The molecule has 6 heteroatoms. The number of carbonyl (C=O) groups excluding carboxylic acids is 1. The number of ether oxygens (including phenoxy) is 2. The fraction of sp³-hybridized carbons (Fsp3) is 0.538. The Hall–Kier alpha value is -0.980. The molecular formula is C13H15BrN2O3. The number of piperidine rings is 1. The molecule has 0 aromatic carbocycles. The van der Waals surface area contributed by atoms with Crippen LogP contribution in [-0.4, -0.2) is 47.9 Å². The van der Waals surface area contributed by atoms with Gasteiger partial charge >= 0.3 is 0 Å². The van der Waals surface area contributed by atoms with Gasteiger partial charge in [-0.3, -0.25) is 4.79 Å². The summed E-state index contributed by atoms with van der Waals surface area (Å²) in [6.45, 7) is 2.61. The van der Waals surface area contributed by atoms with Gasteiger partial charge in [0.05, 0.1) is 13.2 Å². The summed E-state index contributed by atoms with van der Waals surface area (Å²) in [4.78, 5) is 18.2. The van der Waals surface area contributed by atoms with Crippen molar-refractivity contribution in [2.75, 3.05) is 26.3 Å². The van der Waals surface area contributed by atoms with E-state index in [0.717, 1.165) is 17.3 Å². The first-order chi connectivity index (χ1) is 9.19. The summed E-state index contributed by atoms with van der Waals surface area (Å²) in [6.07, 6.45) is 3.10. The topological polar surface area (TPSA) is 51.7 Å². The van der Waals surface area contributed by atoms with Gasteiger partial charge in [-0.2, -0.15) is 0 Å². The molecule has 0 radical (unpaired) electrons. The Bertz CT molecular complexity index is 461. The van der Waals surface area contributed by atoms with Gasteiger partial charge in [-0.1, -0.05) is 0 Å². The van der Waals surface area contributed by atoms with Crippen molar-refractivity contribution in [1.29, 1.82) is 0 Å². The van der Waals surface area contributed by atoms with Crippen LogP contribution in [0, 0.1) is 0 Å². The highest BCUT2D eigenvalue weighted by Crippen LogP contribution is 2.31. The van der Waals surface area contributed by atoms with E-state index in [2.05, 4.69) is 20.9 Å². The van der Waals surface area contributed by atoms with E-state index in [-0.39, 0.29) is 5.91 Å². The molecule has 3 rings (SSSR count). The zero-order chi connectivity index (χ0) is 13.3. The lowest BCUT2D eigenvalue weighted by molar-refractivity contribution is -0.181. The summed E-state index contributed by atoms with van der Waals surface area (Å²) in [5.74, 6) is -0.468. The summed E-state index contributed by atoms with van der Waals surface area (Å²) in [5.41, 5.74) is 0.479. The molecule has 1 aromatic rings. The van der Waals surface area contributed by atoms with E-state index in [9.17, 15) is 4.79 Å². The molecule has 0 unspecified atom stereocenters. The molecule has 2 saturated heterocycles. The van der Waals surface area contributed by atoms with E-state index in [1.165, 1.54) is 0 Å². The van der Waals surface area contributed by atoms with Crippen LogP contribution in [0.2, 0.25) is 0 Å². The minimum Gasteiger partial charge on any atom is -0.347 e. The summed E-state index contributed by atoms with van der Waals surface area (Å²) in [6, 6.07) is 3.56. The predicted molar refractivity (Wildman–Crippen MR) is 71.7 cm³/mol. The molecule has 2 aliphatic heterocycles. The number of halogens is 1. The lowest BCUT2D eigenvalue weighted by Gasteiger charge is -2.37. The smallest absolute Gasteiger partial charge is 0.272 e. The first-order valence-corrected chi connectivity index (χ1v) is 7.17. The monoisotopic (exact) mass is 326 g/mol. The number of nitrogens with zero attached hydrogens (tertiary/aromatic N) is 2. The van der Waals surface area contributed by atoms with E-state index in [4.69, 9.17) is 9.47 Å². The molecule has 5 nitrogen and oxygen atoms in total. The Morgan fingerprint density at radius 2 is 1.95 bits per heavy atom. The van der Waals surface area contributed by atoms with Crippen LogP contribution in [0.5, 0.6) is 0 Å². The molecule has 0 N–H and O–H groups in total. The van der Waals surface area contributed by atoms with E-state index in [1.54, 1.807) is 12.3 Å². The van der Waals surface area contributed by atoms with E-state index in [0.29, 0.717) is 32.0 Å². The van der Waals surface area contributed by atoms with Crippen LogP contribution in [0.15, 0.2) is 22.8 Å². The third kappa shape index (κ3) is 2.66. The van der Waals surface area contributed by atoms with Crippen molar-refractivity contribution < 1.29 is 14.3 Å². The van der Waals surface area contributed by atoms with Crippen LogP contribution in [0.1, 0.15) is 23.3 Å². The van der Waals surface area contributed by atoms with Crippen LogP contribution >= 0.6 is 15.9 Å². The van der Waals surface area contributed by atoms with Crippen LogP contribution in [0.3, 0.4) is 0 Å². The minimum atomic E-state index is -0.441. The Kier molecular flexibility index (Phi) is 3.56. The van der Waals surface area contributed by atoms with E-state index < -0.39 is 5.79 Å². The van der Waals surface area contributed by atoms with E-state index in [1.807, 2.05) is 11.0 Å². The van der Waals surface area contributed by atoms with Crippen molar-refractivity contribution >= 4 is 21.8 Å². The van der Waals surface area contributed by atoms with Crippen LogP contribution in [0.25, 0.3) is 0 Å². The number of amides is 1. The largest absolute Gasteiger partial charge is 0.347 e. The molecule has 102 valence electrons. The van der Waals surface area contributed by atoms with Gasteiger partial charge in [-0.25, -0.2) is 4.98 Å². The SMILES string of the molecule is O=C(c1ccc(Br)cn1)N1CCC2(CC1)OCCO2. The van der Waals surface area contributed by atoms with Gasteiger partial charge in [0.1, 0.15) is 5.69 Å². The van der Waals surface area contributed by atoms with Gasteiger partial charge in [0.25, 0.3) is 5.91 Å². The minimum absolute atomic E-state index is 0.0275. The number of hydrogen-bond donors (Lipinski definition) is 0. The first-order valence-electron chi connectivity index (χ1n) is 6.37. The van der Waals surface area contributed by atoms with Crippen LogP contribution in [0.4, 0.5) is 0 Å². The maximum absolute atomic E-state index is 12.3. The summed E-state index contributed by atoms with van der Waals surface area (Å²) in [7, 11) is 0.